The summed E-state index contributed by atoms with van der Waals surface area (Å²) in [6.45, 7) is 0.742. The molecule has 192 valence electrons. The molecule has 0 aliphatic carbocycles. The van der Waals surface area contributed by atoms with Crippen molar-refractivity contribution in [1.29, 1.82) is 0 Å². The van der Waals surface area contributed by atoms with Crippen molar-refractivity contribution in [3.8, 4) is 0 Å². The third kappa shape index (κ3) is 6.73. The van der Waals surface area contributed by atoms with E-state index in [-0.39, 0.29) is 5.91 Å². The number of primary amides is 1. The van der Waals surface area contributed by atoms with Gasteiger partial charge >= 0.3 is 12.1 Å². The topological polar surface area (TPSA) is 134 Å². The second-order valence-corrected chi connectivity index (χ2v) is 7.85. The Bertz CT molecular complexity index is 1360. The fourth-order valence-corrected chi connectivity index (χ4v) is 3.57. The van der Waals surface area contributed by atoms with Crippen molar-refractivity contribution in [3.05, 3.63) is 95.1 Å². The van der Waals surface area contributed by atoms with Crippen LogP contribution in [0, 0.1) is 0 Å². The van der Waals surface area contributed by atoms with Crippen molar-refractivity contribution in [2.45, 2.75) is 12.7 Å². The third-order valence-corrected chi connectivity index (χ3v) is 5.18. The van der Waals surface area contributed by atoms with Crippen molar-refractivity contribution in [3.63, 3.8) is 0 Å². The number of benzene rings is 3. The van der Waals surface area contributed by atoms with Gasteiger partial charge in [-0.1, -0.05) is 48.5 Å². The van der Waals surface area contributed by atoms with E-state index in [0.29, 0.717) is 22.5 Å². The Hall–Kier alpha value is -4.64. The summed E-state index contributed by atoms with van der Waals surface area (Å²) in [4.78, 5) is 33.4. The summed E-state index contributed by atoms with van der Waals surface area (Å²) in [6, 6.07) is 22.7. The largest absolute Gasteiger partial charge is 0.490 e. The molecule has 0 unspecified atom stereocenters. The second kappa shape index (κ2) is 11.4. The predicted octanol–water partition coefficient (Wildman–Crippen LogP) is 4.07. The van der Waals surface area contributed by atoms with Gasteiger partial charge < -0.3 is 26.8 Å². The average Bonchev–Trinajstić information content (AvgIpc) is 3.18. The fourth-order valence-electron chi connectivity index (χ4n) is 3.57. The first-order valence-corrected chi connectivity index (χ1v) is 10.9. The molecule has 8 nitrogen and oxygen atoms in total. The smallest absolute Gasteiger partial charge is 0.475 e. The van der Waals surface area contributed by atoms with Crippen molar-refractivity contribution in [2.24, 2.45) is 5.73 Å². The van der Waals surface area contributed by atoms with E-state index in [9.17, 15) is 22.8 Å². The van der Waals surface area contributed by atoms with E-state index in [0.717, 1.165) is 28.9 Å². The van der Waals surface area contributed by atoms with Crippen LogP contribution in [0.1, 0.15) is 27.0 Å². The van der Waals surface area contributed by atoms with Gasteiger partial charge in [0.25, 0.3) is 5.91 Å². The second-order valence-electron chi connectivity index (χ2n) is 7.85. The number of aliphatic carboxylic acids is 1. The molecule has 11 heteroatoms. The highest BCUT2D eigenvalue weighted by atomic mass is 19.4. The van der Waals surface area contributed by atoms with Gasteiger partial charge in [0, 0.05) is 29.0 Å². The van der Waals surface area contributed by atoms with Gasteiger partial charge in [0.2, 0.25) is 5.91 Å². The SMILES string of the molecule is CNCc1cccc(NC(=C2C(=O)Nc3cc(C(N)=O)ccc32)c2ccccc2)c1.O=C(O)C(F)(F)F. The quantitative estimate of drug-likeness (QED) is 0.316. The number of halogens is 3. The van der Waals surface area contributed by atoms with Crippen LogP contribution in [0.25, 0.3) is 11.3 Å². The molecule has 37 heavy (non-hydrogen) atoms. The number of alkyl halides is 3. The third-order valence-electron chi connectivity index (χ3n) is 5.18. The summed E-state index contributed by atoms with van der Waals surface area (Å²) in [5.74, 6) is -3.52. The summed E-state index contributed by atoms with van der Waals surface area (Å²) in [5.41, 5.74) is 11.1. The zero-order valence-electron chi connectivity index (χ0n) is 19.5. The predicted molar refractivity (Wildman–Crippen MR) is 133 cm³/mol. The van der Waals surface area contributed by atoms with Gasteiger partial charge in [0.1, 0.15) is 0 Å². The molecular weight excluding hydrogens is 489 g/mol. The summed E-state index contributed by atoms with van der Waals surface area (Å²) in [5, 5.41) is 16.6. The number of anilines is 2. The molecule has 1 aliphatic rings. The maximum Gasteiger partial charge on any atom is 0.490 e. The summed E-state index contributed by atoms with van der Waals surface area (Å²) in [6.07, 6.45) is -5.08. The molecule has 0 bridgehead atoms. The molecule has 1 aliphatic heterocycles. The Balaban J connectivity index is 0.000000479. The highest BCUT2D eigenvalue weighted by Gasteiger charge is 2.38. The lowest BCUT2D eigenvalue weighted by molar-refractivity contribution is -0.192. The number of carboxylic acid groups (broad SMARTS) is 1. The number of amides is 2. The van der Waals surface area contributed by atoms with Gasteiger partial charge in [-0.15, -0.1) is 0 Å². The van der Waals surface area contributed by atoms with E-state index in [2.05, 4.69) is 16.0 Å². The lowest BCUT2D eigenvalue weighted by atomic mass is 9.99. The highest BCUT2D eigenvalue weighted by Crippen LogP contribution is 2.38. The van der Waals surface area contributed by atoms with Crippen LogP contribution in [0.2, 0.25) is 0 Å². The average molecular weight is 512 g/mol. The van der Waals surface area contributed by atoms with Crippen molar-refractivity contribution in [2.75, 3.05) is 17.7 Å². The number of fused-ring (bicyclic) bond motifs is 1. The van der Waals surface area contributed by atoms with Gasteiger partial charge in [0.05, 0.1) is 11.3 Å². The van der Waals surface area contributed by atoms with Crippen molar-refractivity contribution < 1.29 is 32.7 Å². The molecule has 3 aromatic carbocycles. The molecule has 0 atom stereocenters. The highest BCUT2D eigenvalue weighted by molar-refractivity contribution is 6.37. The van der Waals surface area contributed by atoms with E-state index < -0.39 is 18.1 Å². The van der Waals surface area contributed by atoms with Crippen LogP contribution in [0.15, 0.2) is 72.8 Å². The first-order chi connectivity index (χ1) is 17.5. The summed E-state index contributed by atoms with van der Waals surface area (Å²) >= 11 is 0. The minimum absolute atomic E-state index is 0.232. The standard InChI is InChI=1S/C24H22N4O2.C2HF3O2/c1-26-14-15-6-5-9-18(12-15)27-22(16-7-3-2-4-8-16)21-19-11-10-17(23(25)29)13-20(19)28-24(21)30;3-2(4,5)1(6)7/h2-13,26-27H,14H2,1H3,(H2,25,29)(H,28,30);(H,6,7). The van der Waals surface area contributed by atoms with Gasteiger partial charge in [-0.05, 0) is 42.4 Å². The maximum atomic E-state index is 13.0. The monoisotopic (exact) mass is 512 g/mol. The molecule has 0 aromatic heterocycles. The minimum atomic E-state index is -5.08. The zero-order chi connectivity index (χ0) is 27.2. The number of carbonyl (C=O) groups is 3. The Kier molecular flexibility index (Phi) is 8.30. The molecule has 6 N–H and O–H groups in total. The van der Waals surface area contributed by atoms with Crippen LogP contribution in [0.4, 0.5) is 24.5 Å². The Morgan fingerprint density at radius 2 is 1.65 bits per heavy atom. The first kappa shape index (κ1) is 27.0. The van der Waals surface area contributed by atoms with Crippen LogP contribution in [-0.2, 0) is 16.1 Å². The number of nitrogens with two attached hydrogens (primary N) is 1. The van der Waals surface area contributed by atoms with E-state index in [1.165, 1.54) is 0 Å². The zero-order valence-corrected chi connectivity index (χ0v) is 19.5. The van der Waals surface area contributed by atoms with Gasteiger partial charge in [0.15, 0.2) is 0 Å². The number of hydrogen-bond acceptors (Lipinski definition) is 5. The molecule has 0 fully saturated rings. The molecule has 0 saturated carbocycles. The normalized spacial score (nSPS) is 13.6. The number of hydrogen-bond donors (Lipinski definition) is 5. The van der Waals surface area contributed by atoms with Crippen LogP contribution in [-0.4, -0.2) is 36.1 Å². The molecule has 0 radical (unpaired) electrons. The van der Waals surface area contributed by atoms with E-state index in [1.54, 1.807) is 18.2 Å². The van der Waals surface area contributed by atoms with Crippen LogP contribution >= 0.6 is 0 Å². The van der Waals surface area contributed by atoms with E-state index >= 15 is 0 Å². The van der Waals surface area contributed by atoms with Crippen molar-refractivity contribution >= 4 is 40.4 Å². The van der Waals surface area contributed by atoms with E-state index in [4.69, 9.17) is 15.6 Å². The van der Waals surface area contributed by atoms with Gasteiger partial charge in [-0.3, -0.25) is 9.59 Å². The number of carboxylic acids is 1. The number of carbonyl (C=O) groups excluding carboxylic acids is 2. The molecule has 0 spiro atoms. The Morgan fingerprint density at radius 1 is 0.973 bits per heavy atom. The Morgan fingerprint density at radius 3 is 2.24 bits per heavy atom. The first-order valence-electron chi connectivity index (χ1n) is 10.9. The molecule has 4 rings (SSSR count). The Labute approximate surface area is 210 Å². The van der Waals surface area contributed by atoms with Crippen LogP contribution in [0.3, 0.4) is 0 Å². The number of rotatable bonds is 6. The van der Waals surface area contributed by atoms with Gasteiger partial charge in [-0.2, -0.15) is 13.2 Å². The number of nitrogens with one attached hydrogen (secondary N) is 3. The molecule has 3 aromatic rings. The summed E-state index contributed by atoms with van der Waals surface area (Å²) < 4.78 is 31.7. The molecular formula is C26H23F3N4O4. The molecule has 1 heterocycles. The lowest BCUT2D eigenvalue weighted by Crippen LogP contribution is -2.21. The minimum Gasteiger partial charge on any atom is -0.475 e. The summed E-state index contributed by atoms with van der Waals surface area (Å²) in [7, 11) is 1.90. The van der Waals surface area contributed by atoms with E-state index in [1.807, 2.05) is 61.6 Å². The molecule has 0 saturated heterocycles. The maximum absolute atomic E-state index is 13.0. The molecule has 2 amide bonds. The fraction of sp³-hybridized carbons (Fsp3) is 0.115. The van der Waals surface area contributed by atoms with Crippen LogP contribution < -0.4 is 21.7 Å². The van der Waals surface area contributed by atoms with Gasteiger partial charge in [-0.25, -0.2) is 4.79 Å². The van der Waals surface area contributed by atoms with Crippen LogP contribution in [0.5, 0.6) is 0 Å². The van der Waals surface area contributed by atoms with Crippen molar-refractivity contribution in [1.82, 2.24) is 5.32 Å². The lowest BCUT2D eigenvalue weighted by Gasteiger charge is -2.15.